The smallest absolute Gasteiger partial charge is 0.273 e. The summed E-state index contributed by atoms with van der Waals surface area (Å²) in [6, 6.07) is -0.0949. The number of nitrogens with one attached hydrogen (secondary N) is 2. The number of rotatable bonds is 8. The minimum Gasteiger partial charge on any atom is -0.346 e. The Hall–Kier alpha value is -1.92. The van der Waals surface area contributed by atoms with Crippen molar-refractivity contribution >= 4 is 11.8 Å². The molecule has 2 rings (SSSR count). The van der Waals surface area contributed by atoms with E-state index in [4.69, 9.17) is 0 Å². The number of amides is 2. The highest BCUT2D eigenvalue weighted by Gasteiger charge is 2.34. The molecule has 1 fully saturated rings. The number of hydrogen-bond acceptors (Lipinski definition) is 4. The summed E-state index contributed by atoms with van der Waals surface area (Å²) in [7, 11) is 0. The molecule has 1 aromatic rings. The Morgan fingerprint density at radius 3 is 2.73 bits per heavy atom. The first-order valence-corrected chi connectivity index (χ1v) is 9.81. The van der Waals surface area contributed by atoms with E-state index in [1.807, 2.05) is 18.7 Å². The molecule has 7 nitrogen and oxygen atoms in total. The summed E-state index contributed by atoms with van der Waals surface area (Å²) in [5.74, 6) is 0.381. The van der Waals surface area contributed by atoms with E-state index < -0.39 is 0 Å². The average molecular weight is 364 g/mol. The number of aromatic amines is 1. The maximum atomic E-state index is 12.9. The highest BCUT2D eigenvalue weighted by molar-refractivity contribution is 5.92. The van der Waals surface area contributed by atoms with Crippen LogP contribution in [0.25, 0.3) is 0 Å². The van der Waals surface area contributed by atoms with Gasteiger partial charge in [-0.1, -0.05) is 33.6 Å². The molecule has 0 aliphatic heterocycles. The van der Waals surface area contributed by atoms with Gasteiger partial charge in [-0.3, -0.25) is 9.59 Å². The lowest BCUT2D eigenvalue weighted by molar-refractivity contribution is -0.133. The second kappa shape index (κ2) is 9.14. The number of carbonyl (C=O) groups is 2. The predicted molar refractivity (Wildman–Crippen MR) is 101 cm³/mol. The van der Waals surface area contributed by atoms with Gasteiger partial charge < -0.3 is 10.2 Å². The fraction of sp³-hybridized carbons (Fsp3) is 0.789. The minimum atomic E-state index is -0.262. The van der Waals surface area contributed by atoms with Crippen LogP contribution in [0.5, 0.6) is 0 Å². The zero-order valence-electron chi connectivity index (χ0n) is 16.5. The van der Waals surface area contributed by atoms with Crippen molar-refractivity contribution in [1.29, 1.82) is 0 Å². The number of aromatic nitrogens is 3. The number of likely N-dealkylation sites (N-methyl/N-ethyl adjacent to an activating group) is 1. The van der Waals surface area contributed by atoms with E-state index in [2.05, 4.69) is 34.6 Å². The van der Waals surface area contributed by atoms with Gasteiger partial charge in [0.15, 0.2) is 5.69 Å². The van der Waals surface area contributed by atoms with Gasteiger partial charge in [0.25, 0.3) is 5.91 Å². The van der Waals surface area contributed by atoms with E-state index in [0.29, 0.717) is 25.4 Å². The SMILES string of the molecule is CC[C@@H](CN(CC)C(=O)CC1CCCCC1(C)C)NC(=O)c1cn[nH]n1. The highest BCUT2D eigenvalue weighted by atomic mass is 16.2. The lowest BCUT2D eigenvalue weighted by atomic mass is 9.67. The van der Waals surface area contributed by atoms with E-state index in [9.17, 15) is 9.59 Å². The molecular weight excluding hydrogens is 330 g/mol. The third kappa shape index (κ3) is 5.29. The number of nitrogens with zero attached hydrogens (tertiary/aromatic N) is 3. The van der Waals surface area contributed by atoms with Gasteiger partial charge in [0, 0.05) is 25.6 Å². The largest absolute Gasteiger partial charge is 0.346 e. The van der Waals surface area contributed by atoms with Crippen molar-refractivity contribution in [3.63, 3.8) is 0 Å². The van der Waals surface area contributed by atoms with Gasteiger partial charge in [-0.05, 0) is 37.5 Å². The third-order valence-electron chi connectivity index (χ3n) is 5.80. The molecule has 0 spiro atoms. The molecule has 1 aliphatic rings. The van der Waals surface area contributed by atoms with Crippen LogP contribution in [0.2, 0.25) is 0 Å². The minimum absolute atomic E-state index is 0.0949. The lowest BCUT2D eigenvalue weighted by Crippen LogP contribution is -2.46. The fourth-order valence-electron chi connectivity index (χ4n) is 3.80. The molecule has 146 valence electrons. The first-order chi connectivity index (χ1) is 12.4. The summed E-state index contributed by atoms with van der Waals surface area (Å²) in [6.45, 7) is 9.76. The van der Waals surface area contributed by atoms with E-state index in [1.165, 1.54) is 25.5 Å². The third-order valence-corrected chi connectivity index (χ3v) is 5.80. The molecule has 1 aliphatic carbocycles. The summed E-state index contributed by atoms with van der Waals surface area (Å²) in [4.78, 5) is 26.9. The van der Waals surface area contributed by atoms with Crippen molar-refractivity contribution in [2.24, 2.45) is 11.3 Å². The van der Waals surface area contributed by atoms with E-state index in [0.717, 1.165) is 12.8 Å². The van der Waals surface area contributed by atoms with Crippen molar-refractivity contribution in [2.75, 3.05) is 13.1 Å². The number of carbonyl (C=O) groups excluding carboxylic acids is 2. The van der Waals surface area contributed by atoms with Crippen LogP contribution < -0.4 is 5.32 Å². The average Bonchev–Trinajstić information content (AvgIpc) is 3.14. The Balaban J connectivity index is 1.93. The first kappa shape index (κ1) is 20.4. The van der Waals surface area contributed by atoms with Crippen LogP contribution in [0.3, 0.4) is 0 Å². The van der Waals surface area contributed by atoms with Crippen LogP contribution >= 0.6 is 0 Å². The summed E-state index contributed by atoms with van der Waals surface area (Å²) in [5, 5.41) is 12.9. The molecule has 1 unspecified atom stereocenters. The van der Waals surface area contributed by atoms with Gasteiger partial charge in [0.05, 0.1) is 6.20 Å². The normalized spacial score (nSPS) is 20.4. The Kier molecular flexibility index (Phi) is 7.17. The van der Waals surface area contributed by atoms with Crippen LogP contribution in [0, 0.1) is 11.3 Å². The van der Waals surface area contributed by atoms with Crippen LogP contribution in [-0.2, 0) is 4.79 Å². The Morgan fingerprint density at radius 2 is 2.15 bits per heavy atom. The van der Waals surface area contributed by atoms with Gasteiger partial charge in [0.1, 0.15) is 0 Å². The molecule has 2 atom stereocenters. The van der Waals surface area contributed by atoms with Gasteiger partial charge in [0.2, 0.25) is 5.91 Å². The first-order valence-electron chi connectivity index (χ1n) is 9.81. The molecule has 1 aromatic heterocycles. The predicted octanol–water partition coefficient (Wildman–Crippen LogP) is 2.77. The van der Waals surface area contributed by atoms with Crippen LogP contribution in [0.1, 0.15) is 76.7 Å². The fourth-order valence-corrected chi connectivity index (χ4v) is 3.80. The molecule has 2 N–H and O–H groups in total. The second-order valence-corrected chi connectivity index (χ2v) is 8.00. The number of H-pyrrole nitrogens is 1. The topological polar surface area (TPSA) is 91.0 Å². The van der Waals surface area contributed by atoms with Crippen molar-refractivity contribution in [3.8, 4) is 0 Å². The van der Waals surface area contributed by atoms with Crippen LogP contribution in [0.15, 0.2) is 6.20 Å². The van der Waals surface area contributed by atoms with Crippen molar-refractivity contribution < 1.29 is 9.59 Å². The molecule has 0 aromatic carbocycles. The van der Waals surface area contributed by atoms with Crippen molar-refractivity contribution in [2.45, 2.75) is 72.3 Å². The number of hydrogen-bond donors (Lipinski definition) is 2. The molecule has 1 heterocycles. The Labute approximate surface area is 156 Å². The molecule has 7 heteroatoms. The molecule has 2 amide bonds. The van der Waals surface area contributed by atoms with Gasteiger partial charge >= 0.3 is 0 Å². The maximum Gasteiger partial charge on any atom is 0.273 e. The molecule has 26 heavy (non-hydrogen) atoms. The second-order valence-electron chi connectivity index (χ2n) is 8.00. The van der Waals surface area contributed by atoms with Crippen LogP contribution in [0.4, 0.5) is 0 Å². The summed E-state index contributed by atoms with van der Waals surface area (Å²) < 4.78 is 0. The van der Waals surface area contributed by atoms with E-state index in [-0.39, 0.29) is 29.0 Å². The monoisotopic (exact) mass is 363 g/mol. The summed E-state index contributed by atoms with van der Waals surface area (Å²) >= 11 is 0. The molecule has 0 bridgehead atoms. The van der Waals surface area contributed by atoms with E-state index >= 15 is 0 Å². The zero-order chi connectivity index (χ0) is 19.2. The molecule has 0 radical (unpaired) electrons. The standard InChI is InChI=1S/C19H33N5O2/c1-5-15(21-18(26)16-12-20-23-22-16)13-24(6-2)17(25)11-14-9-7-8-10-19(14,3)4/h12,14-15H,5-11,13H2,1-4H3,(H,21,26)(H,20,22,23)/t14?,15-/m0/s1. The van der Waals surface area contributed by atoms with Crippen molar-refractivity contribution in [1.82, 2.24) is 25.6 Å². The summed E-state index contributed by atoms with van der Waals surface area (Å²) in [5.41, 5.74) is 0.500. The molecule has 0 saturated heterocycles. The van der Waals surface area contributed by atoms with Gasteiger partial charge in [-0.15, -0.1) is 0 Å². The zero-order valence-corrected chi connectivity index (χ0v) is 16.5. The Bertz CT molecular complexity index is 585. The Morgan fingerprint density at radius 1 is 1.38 bits per heavy atom. The summed E-state index contributed by atoms with van der Waals surface area (Å²) in [6.07, 6.45) is 7.57. The van der Waals surface area contributed by atoms with E-state index in [1.54, 1.807) is 0 Å². The molecule has 1 saturated carbocycles. The van der Waals surface area contributed by atoms with Gasteiger partial charge in [-0.2, -0.15) is 15.4 Å². The molecular formula is C19H33N5O2. The maximum absolute atomic E-state index is 12.9. The van der Waals surface area contributed by atoms with Crippen molar-refractivity contribution in [3.05, 3.63) is 11.9 Å². The quantitative estimate of drug-likeness (QED) is 0.743. The lowest BCUT2D eigenvalue weighted by Gasteiger charge is -2.39. The van der Waals surface area contributed by atoms with Gasteiger partial charge in [-0.25, -0.2) is 0 Å². The highest BCUT2D eigenvalue weighted by Crippen LogP contribution is 2.42. The van der Waals surface area contributed by atoms with Crippen LogP contribution in [-0.4, -0.2) is 51.3 Å².